The molecule has 1 aromatic heterocycles. The molecule has 0 saturated heterocycles. The zero-order chi connectivity index (χ0) is 13.1. The van der Waals surface area contributed by atoms with Crippen LogP contribution in [0.3, 0.4) is 0 Å². The Morgan fingerprint density at radius 1 is 0.947 bits per heavy atom. The van der Waals surface area contributed by atoms with Crippen LogP contribution in [-0.2, 0) is 6.54 Å². The summed E-state index contributed by atoms with van der Waals surface area (Å²) in [7, 11) is 0. The van der Waals surface area contributed by atoms with E-state index in [0.29, 0.717) is 6.54 Å². The molecular weight excluding hydrogens is 236 g/mol. The molecule has 3 nitrogen and oxygen atoms in total. The molecule has 0 amide bonds. The molecule has 0 spiro atoms. The number of hydrogen-bond acceptors (Lipinski definition) is 3. The number of aromatic hydroxyl groups is 1. The molecule has 3 rings (SSSR count). The molecule has 0 unspecified atom stereocenters. The van der Waals surface area contributed by atoms with Gasteiger partial charge in [-0.25, -0.2) is 0 Å². The third-order valence-electron chi connectivity index (χ3n) is 3.10. The van der Waals surface area contributed by atoms with Crippen LogP contribution in [0.1, 0.15) is 5.56 Å². The van der Waals surface area contributed by atoms with Gasteiger partial charge in [-0.3, -0.25) is 4.98 Å². The molecule has 1 heterocycles. The lowest BCUT2D eigenvalue weighted by atomic mass is 10.1. The molecule has 94 valence electrons. The van der Waals surface area contributed by atoms with Crippen LogP contribution in [0.4, 0.5) is 5.69 Å². The number of pyridine rings is 1. The van der Waals surface area contributed by atoms with Crippen LogP contribution < -0.4 is 5.32 Å². The molecule has 0 saturated carbocycles. The number of nitrogens with zero attached hydrogens (tertiary/aromatic N) is 1. The van der Waals surface area contributed by atoms with Crippen LogP contribution in [0.2, 0.25) is 0 Å². The third kappa shape index (κ3) is 2.50. The van der Waals surface area contributed by atoms with E-state index in [1.807, 2.05) is 36.7 Å². The van der Waals surface area contributed by atoms with Gasteiger partial charge in [0.25, 0.3) is 0 Å². The molecule has 19 heavy (non-hydrogen) atoms. The van der Waals surface area contributed by atoms with Crippen molar-refractivity contribution in [2.75, 3.05) is 5.32 Å². The van der Waals surface area contributed by atoms with Crippen molar-refractivity contribution in [1.82, 2.24) is 4.98 Å². The topological polar surface area (TPSA) is 45.1 Å². The van der Waals surface area contributed by atoms with E-state index in [1.54, 1.807) is 12.1 Å². The molecule has 0 radical (unpaired) electrons. The van der Waals surface area contributed by atoms with Crippen molar-refractivity contribution in [1.29, 1.82) is 0 Å². The molecule has 0 aliphatic heterocycles. The Balaban J connectivity index is 1.84. The van der Waals surface area contributed by atoms with Gasteiger partial charge in [-0.05, 0) is 35.2 Å². The van der Waals surface area contributed by atoms with Crippen LogP contribution in [0.15, 0.2) is 60.9 Å². The fourth-order valence-corrected chi connectivity index (χ4v) is 2.10. The van der Waals surface area contributed by atoms with E-state index in [0.717, 1.165) is 16.6 Å². The number of phenolic OH excluding ortho intramolecular Hbond substituents is 1. The Morgan fingerprint density at radius 3 is 2.58 bits per heavy atom. The molecule has 3 heteroatoms. The smallest absolute Gasteiger partial charge is 0.115 e. The fourth-order valence-electron chi connectivity index (χ4n) is 2.10. The van der Waals surface area contributed by atoms with Crippen LogP contribution in [0, 0.1) is 0 Å². The van der Waals surface area contributed by atoms with Crippen molar-refractivity contribution in [2.45, 2.75) is 6.54 Å². The Morgan fingerprint density at radius 2 is 1.74 bits per heavy atom. The second-order valence-electron chi connectivity index (χ2n) is 4.42. The van der Waals surface area contributed by atoms with Gasteiger partial charge in [0, 0.05) is 30.0 Å². The molecule has 0 bridgehead atoms. The van der Waals surface area contributed by atoms with E-state index in [1.165, 1.54) is 5.39 Å². The standard InChI is InChI=1S/C16H14N2O/c19-15-7-5-14(6-8-15)18-11-13-10-17-9-12-3-1-2-4-16(12)13/h1-10,18-19H,11H2. The number of aromatic nitrogens is 1. The van der Waals surface area contributed by atoms with E-state index >= 15 is 0 Å². The molecule has 2 aromatic carbocycles. The highest BCUT2D eigenvalue weighted by Gasteiger charge is 2.01. The van der Waals surface area contributed by atoms with Gasteiger partial charge >= 0.3 is 0 Å². The van der Waals surface area contributed by atoms with E-state index < -0.39 is 0 Å². The number of nitrogens with one attached hydrogen (secondary N) is 1. The SMILES string of the molecule is Oc1ccc(NCc2cncc3ccccc23)cc1. The number of phenols is 1. The Kier molecular flexibility index (Phi) is 3.02. The molecule has 3 aromatic rings. The van der Waals surface area contributed by atoms with Crippen molar-refractivity contribution in [3.63, 3.8) is 0 Å². The average Bonchev–Trinajstić information content (AvgIpc) is 2.47. The van der Waals surface area contributed by atoms with Crippen molar-refractivity contribution >= 4 is 16.5 Å². The van der Waals surface area contributed by atoms with Gasteiger partial charge in [0.15, 0.2) is 0 Å². The third-order valence-corrected chi connectivity index (χ3v) is 3.10. The van der Waals surface area contributed by atoms with Gasteiger partial charge in [0.1, 0.15) is 5.75 Å². The van der Waals surface area contributed by atoms with Gasteiger partial charge in [-0.2, -0.15) is 0 Å². The number of rotatable bonds is 3. The zero-order valence-electron chi connectivity index (χ0n) is 10.4. The number of benzene rings is 2. The van der Waals surface area contributed by atoms with Crippen LogP contribution in [0.25, 0.3) is 10.8 Å². The van der Waals surface area contributed by atoms with E-state index in [9.17, 15) is 5.11 Å². The first-order valence-corrected chi connectivity index (χ1v) is 6.17. The van der Waals surface area contributed by atoms with Crippen molar-refractivity contribution in [3.8, 4) is 5.75 Å². The highest BCUT2D eigenvalue weighted by atomic mass is 16.3. The summed E-state index contributed by atoms with van der Waals surface area (Å²) >= 11 is 0. The normalized spacial score (nSPS) is 10.5. The lowest BCUT2D eigenvalue weighted by Crippen LogP contribution is -2.00. The first kappa shape index (κ1) is 11.5. The Hall–Kier alpha value is -2.55. The summed E-state index contributed by atoms with van der Waals surface area (Å²) in [5.74, 6) is 0.275. The molecule has 0 aliphatic carbocycles. The van der Waals surface area contributed by atoms with Gasteiger partial charge in [-0.15, -0.1) is 0 Å². The quantitative estimate of drug-likeness (QED) is 0.699. The lowest BCUT2D eigenvalue weighted by Gasteiger charge is -2.09. The first-order valence-electron chi connectivity index (χ1n) is 6.17. The van der Waals surface area contributed by atoms with Crippen molar-refractivity contribution < 1.29 is 5.11 Å². The van der Waals surface area contributed by atoms with Gasteiger partial charge in [0.2, 0.25) is 0 Å². The molecule has 0 atom stereocenters. The van der Waals surface area contributed by atoms with Gasteiger partial charge in [-0.1, -0.05) is 24.3 Å². The first-order chi connectivity index (χ1) is 9.33. The van der Waals surface area contributed by atoms with Crippen molar-refractivity contribution in [3.05, 3.63) is 66.5 Å². The second kappa shape index (κ2) is 4.98. The van der Waals surface area contributed by atoms with Crippen LogP contribution >= 0.6 is 0 Å². The maximum atomic E-state index is 9.25. The predicted octanol–water partition coefficient (Wildman–Crippen LogP) is 3.55. The maximum absolute atomic E-state index is 9.25. The summed E-state index contributed by atoms with van der Waals surface area (Å²) in [5.41, 5.74) is 2.14. The highest BCUT2D eigenvalue weighted by molar-refractivity contribution is 5.84. The van der Waals surface area contributed by atoms with Crippen LogP contribution in [-0.4, -0.2) is 10.1 Å². The summed E-state index contributed by atoms with van der Waals surface area (Å²) in [6.45, 7) is 0.707. The van der Waals surface area contributed by atoms with Gasteiger partial charge in [0.05, 0.1) is 0 Å². The zero-order valence-corrected chi connectivity index (χ0v) is 10.4. The monoisotopic (exact) mass is 250 g/mol. The van der Waals surface area contributed by atoms with E-state index in [2.05, 4.69) is 22.4 Å². The maximum Gasteiger partial charge on any atom is 0.115 e. The summed E-state index contributed by atoms with van der Waals surface area (Å²) < 4.78 is 0. The second-order valence-corrected chi connectivity index (χ2v) is 4.42. The average molecular weight is 250 g/mol. The Labute approximate surface area is 111 Å². The summed E-state index contributed by atoms with van der Waals surface area (Å²) in [5, 5.41) is 14.9. The minimum absolute atomic E-state index is 0.275. The molecule has 0 fully saturated rings. The Bertz CT molecular complexity index is 687. The van der Waals surface area contributed by atoms with Gasteiger partial charge < -0.3 is 10.4 Å². The van der Waals surface area contributed by atoms with E-state index in [-0.39, 0.29) is 5.75 Å². The summed E-state index contributed by atoms with van der Waals surface area (Å²) in [6, 6.07) is 15.3. The number of anilines is 1. The molecule has 0 aliphatic rings. The number of hydrogen-bond donors (Lipinski definition) is 2. The lowest BCUT2D eigenvalue weighted by molar-refractivity contribution is 0.475. The summed E-state index contributed by atoms with van der Waals surface area (Å²) in [6.07, 6.45) is 3.76. The molecular formula is C16H14N2O. The predicted molar refractivity (Wildman–Crippen MR) is 77.2 cm³/mol. The largest absolute Gasteiger partial charge is 0.508 e. The summed E-state index contributed by atoms with van der Waals surface area (Å²) in [4.78, 5) is 4.26. The van der Waals surface area contributed by atoms with Crippen LogP contribution in [0.5, 0.6) is 5.75 Å². The number of fused-ring (bicyclic) bond motifs is 1. The fraction of sp³-hybridized carbons (Fsp3) is 0.0625. The van der Waals surface area contributed by atoms with Crippen molar-refractivity contribution in [2.24, 2.45) is 0 Å². The molecule has 2 N–H and O–H groups in total. The minimum Gasteiger partial charge on any atom is -0.508 e. The minimum atomic E-state index is 0.275. The highest BCUT2D eigenvalue weighted by Crippen LogP contribution is 2.19. The van der Waals surface area contributed by atoms with E-state index in [4.69, 9.17) is 0 Å².